The van der Waals surface area contributed by atoms with E-state index in [2.05, 4.69) is 22.8 Å². The highest BCUT2D eigenvalue weighted by Crippen LogP contribution is 2.53. The van der Waals surface area contributed by atoms with Gasteiger partial charge in [0.05, 0.1) is 7.11 Å². The molecule has 29 heavy (non-hydrogen) atoms. The Hall–Kier alpha value is -2.50. The lowest BCUT2D eigenvalue weighted by Crippen LogP contribution is -2.37. The molecular weight excluding hydrogens is 368 g/mol. The van der Waals surface area contributed by atoms with Crippen LogP contribution in [0, 0.1) is 23.7 Å². The fraction of sp³-hybridized carbons (Fsp3) is 0.565. The standard InChI is InChI=1S/C23H32N2O4/c1-29-19-12-10-18(11-13-19)25-23(28)24-15-21-17-9-8-16(14-17)20(21)6-4-2-3-5-7-22(26)27/h2,4,10-13,16-17,20-21H,3,5-9,14-15H2,1H3,(H,26,27)(H2,24,25,28)/b4-2-. The van der Waals surface area contributed by atoms with Crippen LogP contribution >= 0.6 is 0 Å². The van der Waals surface area contributed by atoms with Crippen molar-refractivity contribution in [2.24, 2.45) is 23.7 Å². The highest BCUT2D eigenvalue weighted by atomic mass is 16.5. The van der Waals surface area contributed by atoms with Gasteiger partial charge in [0, 0.05) is 18.7 Å². The first-order valence-electron chi connectivity index (χ1n) is 10.6. The predicted octanol–water partition coefficient (Wildman–Crippen LogP) is 4.68. The van der Waals surface area contributed by atoms with Crippen LogP contribution in [0.1, 0.15) is 44.9 Å². The third kappa shape index (κ3) is 5.99. The molecule has 0 aliphatic heterocycles. The molecule has 2 aliphatic carbocycles. The number of carboxylic acid groups (broad SMARTS) is 1. The van der Waals surface area contributed by atoms with Gasteiger partial charge in [0.1, 0.15) is 5.75 Å². The molecule has 0 radical (unpaired) electrons. The number of nitrogens with one attached hydrogen (secondary N) is 2. The van der Waals surface area contributed by atoms with Crippen LogP contribution in [-0.2, 0) is 4.79 Å². The molecule has 4 atom stereocenters. The lowest BCUT2D eigenvalue weighted by atomic mass is 9.77. The molecular formula is C23H32N2O4. The van der Waals surface area contributed by atoms with Crippen LogP contribution in [0.2, 0.25) is 0 Å². The van der Waals surface area contributed by atoms with Crippen LogP contribution in [0.15, 0.2) is 36.4 Å². The summed E-state index contributed by atoms with van der Waals surface area (Å²) in [6, 6.07) is 7.14. The Labute approximate surface area is 172 Å². The summed E-state index contributed by atoms with van der Waals surface area (Å²) in [5, 5.41) is 14.7. The number of hydrogen-bond donors (Lipinski definition) is 3. The second kappa shape index (κ2) is 10.3. The predicted molar refractivity (Wildman–Crippen MR) is 113 cm³/mol. The molecule has 2 bridgehead atoms. The number of carbonyl (C=O) groups is 2. The quantitative estimate of drug-likeness (QED) is 0.393. The van der Waals surface area contributed by atoms with Crippen molar-refractivity contribution in [2.45, 2.75) is 44.9 Å². The number of allylic oxidation sites excluding steroid dienone is 2. The van der Waals surface area contributed by atoms with Gasteiger partial charge in [-0.3, -0.25) is 4.79 Å². The van der Waals surface area contributed by atoms with Crippen molar-refractivity contribution in [2.75, 3.05) is 19.0 Å². The van der Waals surface area contributed by atoms with Gasteiger partial charge in [-0.15, -0.1) is 0 Å². The third-order valence-electron chi connectivity index (χ3n) is 6.46. The Morgan fingerprint density at radius 2 is 1.86 bits per heavy atom. The minimum Gasteiger partial charge on any atom is -0.497 e. The van der Waals surface area contributed by atoms with Gasteiger partial charge in [0.2, 0.25) is 0 Å². The maximum Gasteiger partial charge on any atom is 0.319 e. The number of benzene rings is 1. The van der Waals surface area contributed by atoms with E-state index in [1.807, 2.05) is 24.3 Å². The molecule has 1 aromatic rings. The Kier molecular flexibility index (Phi) is 7.55. The normalized spacial score (nSPS) is 25.3. The summed E-state index contributed by atoms with van der Waals surface area (Å²) in [7, 11) is 1.62. The molecule has 3 N–H and O–H groups in total. The SMILES string of the molecule is COc1ccc(NC(=O)NCC2C3CCC(C3)C2C/C=C\CCCC(=O)O)cc1. The van der Waals surface area contributed by atoms with Gasteiger partial charge in [-0.1, -0.05) is 12.2 Å². The molecule has 4 unspecified atom stereocenters. The number of anilines is 1. The van der Waals surface area contributed by atoms with Gasteiger partial charge in [0.15, 0.2) is 0 Å². The number of carbonyl (C=O) groups excluding carboxylic acids is 1. The Bertz CT molecular complexity index is 716. The Morgan fingerprint density at radius 1 is 1.14 bits per heavy atom. The molecule has 2 aliphatic rings. The van der Waals surface area contributed by atoms with Crippen molar-refractivity contribution in [1.82, 2.24) is 5.32 Å². The zero-order valence-electron chi connectivity index (χ0n) is 17.1. The van der Waals surface area contributed by atoms with E-state index in [-0.39, 0.29) is 12.5 Å². The van der Waals surface area contributed by atoms with Crippen LogP contribution in [0.3, 0.4) is 0 Å². The molecule has 158 valence electrons. The van der Waals surface area contributed by atoms with Crippen LogP contribution in [0.4, 0.5) is 10.5 Å². The zero-order valence-corrected chi connectivity index (χ0v) is 17.1. The topological polar surface area (TPSA) is 87.7 Å². The number of amides is 2. The van der Waals surface area contributed by atoms with E-state index in [1.54, 1.807) is 7.11 Å². The summed E-state index contributed by atoms with van der Waals surface area (Å²) in [5.41, 5.74) is 0.747. The number of methoxy groups -OCH3 is 1. The van der Waals surface area contributed by atoms with E-state index in [0.29, 0.717) is 30.7 Å². The minimum atomic E-state index is -0.731. The average molecular weight is 401 g/mol. The summed E-state index contributed by atoms with van der Waals surface area (Å²) in [6.45, 7) is 0.709. The summed E-state index contributed by atoms with van der Waals surface area (Å²) < 4.78 is 5.13. The molecule has 0 aromatic heterocycles. The third-order valence-corrected chi connectivity index (χ3v) is 6.46. The number of hydrogen-bond acceptors (Lipinski definition) is 3. The second-order valence-electron chi connectivity index (χ2n) is 8.22. The fourth-order valence-corrected chi connectivity index (χ4v) is 5.02. The molecule has 0 heterocycles. The van der Waals surface area contributed by atoms with Gasteiger partial charge in [0.25, 0.3) is 0 Å². The number of aliphatic carboxylic acids is 1. The molecule has 1 aromatic carbocycles. The molecule has 0 spiro atoms. The molecule has 2 saturated carbocycles. The van der Waals surface area contributed by atoms with Gasteiger partial charge in [-0.2, -0.15) is 0 Å². The number of unbranched alkanes of at least 4 members (excludes halogenated alkanes) is 1. The lowest BCUT2D eigenvalue weighted by Gasteiger charge is -2.30. The molecule has 0 saturated heterocycles. The van der Waals surface area contributed by atoms with Gasteiger partial charge >= 0.3 is 12.0 Å². The monoisotopic (exact) mass is 400 g/mol. The second-order valence-corrected chi connectivity index (χ2v) is 8.22. The summed E-state index contributed by atoms with van der Waals surface area (Å²) in [6.07, 6.45) is 11.0. The smallest absolute Gasteiger partial charge is 0.319 e. The van der Waals surface area contributed by atoms with E-state index in [9.17, 15) is 9.59 Å². The van der Waals surface area contributed by atoms with Crippen molar-refractivity contribution in [1.29, 1.82) is 0 Å². The molecule has 2 fully saturated rings. The highest BCUT2D eigenvalue weighted by Gasteiger charge is 2.46. The van der Waals surface area contributed by atoms with Crippen LogP contribution < -0.4 is 15.4 Å². The number of fused-ring (bicyclic) bond motifs is 2. The fourth-order valence-electron chi connectivity index (χ4n) is 5.02. The van der Waals surface area contributed by atoms with E-state index >= 15 is 0 Å². The van der Waals surface area contributed by atoms with Crippen molar-refractivity contribution < 1.29 is 19.4 Å². The Morgan fingerprint density at radius 3 is 2.55 bits per heavy atom. The van der Waals surface area contributed by atoms with Crippen molar-refractivity contribution in [3.63, 3.8) is 0 Å². The summed E-state index contributed by atoms with van der Waals surface area (Å²) in [4.78, 5) is 22.9. The first kappa shape index (κ1) is 21.2. The van der Waals surface area contributed by atoms with Crippen LogP contribution in [0.25, 0.3) is 0 Å². The minimum absolute atomic E-state index is 0.166. The summed E-state index contributed by atoms with van der Waals surface area (Å²) in [5.74, 6) is 2.65. The number of rotatable bonds is 10. The largest absolute Gasteiger partial charge is 0.497 e. The van der Waals surface area contributed by atoms with Crippen molar-refractivity contribution in [3.8, 4) is 5.75 Å². The number of carboxylic acids is 1. The molecule has 2 amide bonds. The maximum atomic E-state index is 12.3. The number of ether oxygens (including phenoxy) is 1. The van der Waals surface area contributed by atoms with Gasteiger partial charge in [-0.25, -0.2) is 4.79 Å². The summed E-state index contributed by atoms with van der Waals surface area (Å²) >= 11 is 0. The van der Waals surface area contributed by atoms with E-state index in [0.717, 1.165) is 30.2 Å². The highest BCUT2D eigenvalue weighted by molar-refractivity contribution is 5.89. The maximum absolute atomic E-state index is 12.3. The van der Waals surface area contributed by atoms with Gasteiger partial charge in [-0.05, 0) is 86.5 Å². The van der Waals surface area contributed by atoms with E-state index in [4.69, 9.17) is 9.84 Å². The zero-order chi connectivity index (χ0) is 20.6. The van der Waals surface area contributed by atoms with Crippen molar-refractivity contribution in [3.05, 3.63) is 36.4 Å². The molecule has 6 nitrogen and oxygen atoms in total. The molecule has 3 rings (SSSR count). The van der Waals surface area contributed by atoms with E-state index in [1.165, 1.54) is 19.3 Å². The first-order valence-corrected chi connectivity index (χ1v) is 10.6. The molecule has 6 heteroatoms. The first-order chi connectivity index (χ1) is 14.1. The Balaban J connectivity index is 1.44. The van der Waals surface area contributed by atoms with Crippen molar-refractivity contribution >= 4 is 17.7 Å². The van der Waals surface area contributed by atoms with Gasteiger partial charge < -0.3 is 20.5 Å². The average Bonchev–Trinajstić information content (AvgIpc) is 3.31. The van der Waals surface area contributed by atoms with Crippen LogP contribution in [0.5, 0.6) is 5.75 Å². The van der Waals surface area contributed by atoms with E-state index < -0.39 is 5.97 Å². The van der Waals surface area contributed by atoms with Crippen LogP contribution in [-0.4, -0.2) is 30.8 Å². The lowest BCUT2D eigenvalue weighted by molar-refractivity contribution is -0.137. The number of urea groups is 1.